The lowest BCUT2D eigenvalue weighted by Crippen LogP contribution is -2.41. The lowest BCUT2D eigenvalue weighted by molar-refractivity contribution is 0.251. The molecule has 1 heterocycles. The quantitative estimate of drug-likeness (QED) is 0.849. The number of amides is 2. The summed E-state index contributed by atoms with van der Waals surface area (Å²) in [6, 6.07) is 5.51. The first-order chi connectivity index (χ1) is 8.61. The summed E-state index contributed by atoms with van der Waals surface area (Å²) >= 11 is 1.54. The predicted molar refractivity (Wildman–Crippen MR) is 72.7 cm³/mol. The van der Waals surface area contributed by atoms with Gasteiger partial charge in [0.2, 0.25) is 0 Å². The summed E-state index contributed by atoms with van der Waals surface area (Å²) < 4.78 is 12.9. The largest absolute Gasteiger partial charge is 0.340 e. The summed E-state index contributed by atoms with van der Waals surface area (Å²) in [5.74, 6) is -0.329. The zero-order valence-corrected chi connectivity index (χ0v) is 11.0. The van der Waals surface area contributed by atoms with E-state index in [0.717, 1.165) is 0 Å². The molecule has 1 aromatic carbocycles. The predicted octanol–water partition coefficient (Wildman–Crippen LogP) is 2.46. The van der Waals surface area contributed by atoms with Gasteiger partial charge >= 0.3 is 6.03 Å². The molecule has 0 saturated heterocycles. The van der Waals surface area contributed by atoms with Gasteiger partial charge in [-0.15, -0.1) is 0 Å². The van der Waals surface area contributed by atoms with E-state index in [4.69, 9.17) is 0 Å². The van der Waals surface area contributed by atoms with Gasteiger partial charge < -0.3 is 5.32 Å². The van der Waals surface area contributed by atoms with E-state index in [1.54, 1.807) is 19.2 Å². The van der Waals surface area contributed by atoms with E-state index in [1.807, 2.05) is 6.92 Å². The van der Waals surface area contributed by atoms with Gasteiger partial charge in [0.1, 0.15) is 5.82 Å². The molecule has 0 saturated carbocycles. The third kappa shape index (κ3) is 2.64. The SMILES string of the molecule is CNC(=O)N(C1=NC[C@H](C)S1)c1ccc(F)cc1. The first kappa shape index (κ1) is 12.9. The molecule has 1 aromatic rings. The van der Waals surface area contributed by atoms with Crippen LogP contribution in [0, 0.1) is 5.82 Å². The van der Waals surface area contributed by atoms with Gasteiger partial charge in [0.15, 0.2) is 5.17 Å². The van der Waals surface area contributed by atoms with Crippen molar-refractivity contribution in [1.29, 1.82) is 0 Å². The zero-order valence-electron chi connectivity index (χ0n) is 10.2. The van der Waals surface area contributed by atoms with Crippen molar-refractivity contribution in [2.75, 3.05) is 18.5 Å². The average Bonchev–Trinajstić information content (AvgIpc) is 2.78. The Labute approximate surface area is 109 Å². The van der Waals surface area contributed by atoms with Crippen molar-refractivity contribution in [1.82, 2.24) is 5.32 Å². The van der Waals surface area contributed by atoms with Crippen LogP contribution >= 0.6 is 11.8 Å². The number of amidine groups is 1. The van der Waals surface area contributed by atoms with Crippen molar-refractivity contribution < 1.29 is 9.18 Å². The smallest absolute Gasteiger partial charge is 0.327 e. The maximum absolute atomic E-state index is 12.9. The fourth-order valence-electron chi connectivity index (χ4n) is 1.60. The van der Waals surface area contributed by atoms with Gasteiger partial charge in [-0.3, -0.25) is 4.99 Å². The highest BCUT2D eigenvalue weighted by atomic mass is 32.2. The Morgan fingerprint density at radius 2 is 2.17 bits per heavy atom. The summed E-state index contributed by atoms with van der Waals surface area (Å²) in [5, 5.41) is 3.57. The number of carbonyl (C=O) groups excluding carboxylic acids is 1. The lowest BCUT2D eigenvalue weighted by Gasteiger charge is -2.21. The van der Waals surface area contributed by atoms with E-state index in [0.29, 0.717) is 22.6 Å². The molecule has 0 aliphatic carbocycles. The van der Waals surface area contributed by atoms with Gasteiger partial charge in [0, 0.05) is 12.3 Å². The second kappa shape index (κ2) is 5.39. The van der Waals surface area contributed by atoms with Gasteiger partial charge in [-0.2, -0.15) is 0 Å². The molecule has 0 aromatic heterocycles. The molecule has 1 aliphatic rings. The standard InChI is InChI=1S/C12H14FN3OS/c1-8-7-15-12(18-8)16(11(17)14-2)10-5-3-9(13)4-6-10/h3-6,8H,7H2,1-2H3,(H,14,17)/t8-/m0/s1. The van der Waals surface area contributed by atoms with E-state index < -0.39 is 0 Å². The molecule has 0 fully saturated rings. The first-order valence-corrected chi connectivity index (χ1v) is 6.48. The van der Waals surface area contributed by atoms with Crippen LogP contribution in [0.1, 0.15) is 6.92 Å². The Morgan fingerprint density at radius 3 is 2.67 bits per heavy atom. The van der Waals surface area contributed by atoms with Crippen LogP contribution in [0.4, 0.5) is 14.9 Å². The average molecular weight is 267 g/mol. The highest BCUT2D eigenvalue weighted by Gasteiger charge is 2.26. The fraction of sp³-hybridized carbons (Fsp3) is 0.333. The Bertz CT molecular complexity index is 475. The minimum Gasteiger partial charge on any atom is -0.340 e. The van der Waals surface area contributed by atoms with Crippen LogP contribution in [0.25, 0.3) is 0 Å². The Hall–Kier alpha value is -1.56. The van der Waals surface area contributed by atoms with Gasteiger partial charge in [-0.25, -0.2) is 14.1 Å². The number of nitrogens with one attached hydrogen (secondary N) is 1. The number of halogens is 1. The summed E-state index contributed by atoms with van der Waals surface area (Å²) in [6.07, 6.45) is 0. The molecule has 0 bridgehead atoms. The number of benzene rings is 1. The Balaban J connectivity index is 2.31. The molecule has 1 aliphatic heterocycles. The molecule has 18 heavy (non-hydrogen) atoms. The van der Waals surface area contributed by atoms with Crippen molar-refractivity contribution in [3.8, 4) is 0 Å². The zero-order chi connectivity index (χ0) is 13.1. The fourth-order valence-corrected chi connectivity index (χ4v) is 2.55. The molecule has 4 nitrogen and oxygen atoms in total. The molecule has 0 radical (unpaired) electrons. The summed E-state index contributed by atoms with van der Waals surface area (Å²) in [6.45, 7) is 2.74. The van der Waals surface area contributed by atoms with E-state index in [-0.39, 0.29) is 11.8 Å². The van der Waals surface area contributed by atoms with Crippen LogP contribution in [0.2, 0.25) is 0 Å². The number of hydrogen-bond acceptors (Lipinski definition) is 3. The summed E-state index contributed by atoms with van der Waals surface area (Å²) in [4.78, 5) is 17.7. The van der Waals surface area contributed by atoms with Crippen molar-refractivity contribution in [2.45, 2.75) is 12.2 Å². The molecule has 0 unspecified atom stereocenters. The van der Waals surface area contributed by atoms with Crippen molar-refractivity contribution in [2.24, 2.45) is 4.99 Å². The van der Waals surface area contributed by atoms with E-state index >= 15 is 0 Å². The molecular weight excluding hydrogens is 253 g/mol. The normalized spacial score (nSPS) is 18.4. The topological polar surface area (TPSA) is 44.7 Å². The molecule has 2 amide bonds. The highest BCUT2D eigenvalue weighted by Crippen LogP contribution is 2.27. The van der Waals surface area contributed by atoms with Crippen LogP contribution in [0.5, 0.6) is 0 Å². The van der Waals surface area contributed by atoms with E-state index in [2.05, 4.69) is 10.3 Å². The number of carbonyl (C=O) groups is 1. The van der Waals surface area contributed by atoms with Gasteiger partial charge in [-0.1, -0.05) is 18.7 Å². The van der Waals surface area contributed by atoms with Crippen LogP contribution in [-0.4, -0.2) is 30.0 Å². The number of aliphatic imine (C=N–C) groups is 1. The molecule has 6 heteroatoms. The monoisotopic (exact) mass is 267 g/mol. The van der Waals surface area contributed by atoms with Gasteiger partial charge in [0.05, 0.1) is 12.2 Å². The number of rotatable bonds is 1. The second-order valence-corrected chi connectivity index (χ2v) is 5.32. The van der Waals surface area contributed by atoms with Crippen molar-refractivity contribution >= 4 is 28.6 Å². The third-order valence-corrected chi connectivity index (χ3v) is 3.56. The van der Waals surface area contributed by atoms with Crippen LogP contribution in [0.15, 0.2) is 29.3 Å². The van der Waals surface area contributed by atoms with Crippen LogP contribution in [-0.2, 0) is 0 Å². The highest BCUT2D eigenvalue weighted by molar-refractivity contribution is 8.15. The minimum atomic E-state index is -0.329. The van der Waals surface area contributed by atoms with Crippen molar-refractivity contribution in [3.63, 3.8) is 0 Å². The second-order valence-electron chi connectivity index (χ2n) is 3.92. The summed E-state index contributed by atoms with van der Waals surface area (Å²) in [7, 11) is 1.56. The molecule has 1 atom stereocenters. The van der Waals surface area contributed by atoms with Crippen LogP contribution in [0.3, 0.4) is 0 Å². The first-order valence-electron chi connectivity index (χ1n) is 5.60. The maximum Gasteiger partial charge on any atom is 0.327 e. The third-order valence-electron chi connectivity index (χ3n) is 2.48. The van der Waals surface area contributed by atoms with Gasteiger partial charge in [0.25, 0.3) is 0 Å². The van der Waals surface area contributed by atoms with Gasteiger partial charge in [-0.05, 0) is 24.3 Å². The lowest BCUT2D eigenvalue weighted by atomic mass is 10.3. The number of thioether (sulfide) groups is 1. The molecule has 0 spiro atoms. The Morgan fingerprint density at radius 1 is 1.50 bits per heavy atom. The van der Waals surface area contributed by atoms with E-state index in [1.165, 1.54) is 28.8 Å². The number of urea groups is 1. The van der Waals surface area contributed by atoms with Crippen LogP contribution < -0.4 is 10.2 Å². The minimum absolute atomic E-state index is 0.276. The van der Waals surface area contributed by atoms with E-state index in [9.17, 15) is 9.18 Å². The summed E-state index contributed by atoms with van der Waals surface area (Å²) in [5.41, 5.74) is 0.608. The number of hydrogen-bond donors (Lipinski definition) is 1. The molecule has 96 valence electrons. The number of anilines is 1. The molecule has 2 rings (SSSR count). The maximum atomic E-state index is 12.9. The van der Waals surface area contributed by atoms with Crippen molar-refractivity contribution in [3.05, 3.63) is 30.1 Å². The Kier molecular flexibility index (Phi) is 3.86. The number of nitrogens with zero attached hydrogens (tertiary/aromatic N) is 2. The molecular formula is C12H14FN3OS. The molecule has 1 N–H and O–H groups in total.